The molecule has 5 nitrogen and oxygen atoms in total. The van der Waals surface area contributed by atoms with E-state index in [1.807, 2.05) is 4.90 Å². The van der Waals surface area contributed by atoms with Crippen LogP contribution in [0.2, 0.25) is 0 Å². The summed E-state index contributed by atoms with van der Waals surface area (Å²) in [5, 5.41) is 0. The highest BCUT2D eigenvalue weighted by atomic mass is 16.2. The van der Waals surface area contributed by atoms with Crippen LogP contribution in [0.3, 0.4) is 0 Å². The predicted octanol–water partition coefficient (Wildman–Crippen LogP) is 1.08. The van der Waals surface area contributed by atoms with Crippen molar-refractivity contribution in [1.29, 1.82) is 0 Å². The molecule has 3 atom stereocenters. The molecule has 4 rings (SSSR count). The van der Waals surface area contributed by atoms with Gasteiger partial charge in [-0.05, 0) is 52.1 Å². The topological polar surface area (TPSA) is 43.9 Å². The first-order valence-corrected chi connectivity index (χ1v) is 8.95. The van der Waals surface area contributed by atoms with Gasteiger partial charge in [0.1, 0.15) is 0 Å². The Morgan fingerprint density at radius 3 is 2.45 bits per heavy atom. The van der Waals surface area contributed by atoms with E-state index in [1.54, 1.807) is 0 Å². The van der Waals surface area contributed by atoms with Gasteiger partial charge >= 0.3 is 0 Å². The number of nitrogens with zero attached hydrogens (tertiary/aromatic N) is 3. The van der Waals surface area contributed by atoms with Gasteiger partial charge < -0.3 is 14.7 Å². The normalized spacial score (nSPS) is 36.6. The lowest BCUT2D eigenvalue weighted by Crippen LogP contribution is -2.49. The van der Waals surface area contributed by atoms with Crippen LogP contribution in [0.15, 0.2) is 0 Å². The van der Waals surface area contributed by atoms with Crippen molar-refractivity contribution in [2.24, 2.45) is 5.92 Å². The predicted molar refractivity (Wildman–Crippen MR) is 83.2 cm³/mol. The van der Waals surface area contributed by atoms with Gasteiger partial charge in [-0.15, -0.1) is 0 Å². The summed E-state index contributed by atoms with van der Waals surface area (Å²) in [6.07, 6.45) is 7.41. The molecule has 0 aromatic carbocycles. The van der Waals surface area contributed by atoms with Gasteiger partial charge in [0.15, 0.2) is 0 Å². The Morgan fingerprint density at radius 2 is 1.77 bits per heavy atom. The number of rotatable bonds is 3. The van der Waals surface area contributed by atoms with Crippen LogP contribution in [0.25, 0.3) is 0 Å². The maximum Gasteiger partial charge on any atom is 0.228 e. The average molecular weight is 305 g/mol. The van der Waals surface area contributed by atoms with Crippen molar-refractivity contribution < 1.29 is 9.59 Å². The number of amides is 2. The standard InChI is InChI=1S/C17H27N3O2/c1-18-8-2-4-14(18)15-5-3-9-19(15)17(22)12-10-16(21)20(11-12)13-6-7-13/h12-15H,2-11H2,1H3/t12-,14-,15-/m1/s1. The number of likely N-dealkylation sites (N-methyl/N-ethyl adjacent to an activating group) is 1. The second-order valence-electron chi connectivity index (χ2n) is 7.61. The molecule has 0 aromatic heterocycles. The molecule has 4 fully saturated rings. The molecule has 3 aliphatic heterocycles. The fourth-order valence-electron chi connectivity index (χ4n) is 4.76. The van der Waals surface area contributed by atoms with Crippen LogP contribution in [0.4, 0.5) is 0 Å². The minimum Gasteiger partial charge on any atom is -0.339 e. The molecule has 2 amide bonds. The summed E-state index contributed by atoms with van der Waals surface area (Å²) in [5.41, 5.74) is 0. The van der Waals surface area contributed by atoms with Crippen LogP contribution in [0, 0.1) is 5.92 Å². The van der Waals surface area contributed by atoms with Crippen molar-refractivity contribution in [3.63, 3.8) is 0 Å². The number of hydrogen-bond acceptors (Lipinski definition) is 3. The molecule has 22 heavy (non-hydrogen) atoms. The van der Waals surface area contributed by atoms with Gasteiger partial charge in [0.2, 0.25) is 11.8 Å². The lowest BCUT2D eigenvalue weighted by Gasteiger charge is -2.34. The van der Waals surface area contributed by atoms with Crippen LogP contribution in [-0.4, -0.2) is 71.3 Å². The first-order chi connectivity index (χ1) is 10.6. The van der Waals surface area contributed by atoms with E-state index in [2.05, 4.69) is 16.8 Å². The first kappa shape index (κ1) is 14.5. The molecule has 4 aliphatic rings. The fraction of sp³-hybridized carbons (Fsp3) is 0.882. The summed E-state index contributed by atoms with van der Waals surface area (Å²) in [5.74, 6) is 0.370. The maximum absolute atomic E-state index is 13.0. The molecule has 0 spiro atoms. The highest BCUT2D eigenvalue weighted by molar-refractivity contribution is 5.89. The molecule has 122 valence electrons. The van der Waals surface area contributed by atoms with Crippen molar-refractivity contribution in [2.75, 3.05) is 26.7 Å². The van der Waals surface area contributed by atoms with Gasteiger partial charge in [0.05, 0.1) is 5.92 Å². The van der Waals surface area contributed by atoms with E-state index < -0.39 is 0 Å². The minimum atomic E-state index is -0.0830. The Hall–Kier alpha value is -1.10. The number of carbonyl (C=O) groups is 2. The zero-order chi connectivity index (χ0) is 15.3. The Balaban J connectivity index is 1.44. The largest absolute Gasteiger partial charge is 0.339 e. The second-order valence-corrected chi connectivity index (χ2v) is 7.61. The lowest BCUT2D eigenvalue weighted by atomic mass is 10.0. The monoisotopic (exact) mass is 305 g/mol. The number of carbonyl (C=O) groups excluding carboxylic acids is 2. The van der Waals surface area contributed by atoms with Crippen molar-refractivity contribution in [3.8, 4) is 0 Å². The zero-order valence-corrected chi connectivity index (χ0v) is 13.5. The van der Waals surface area contributed by atoms with Crippen molar-refractivity contribution in [1.82, 2.24) is 14.7 Å². The Morgan fingerprint density at radius 1 is 1.05 bits per heavy atom. The van der Waals surface area contributed by atoms with Crippen molar-refractivity contribution in [3.05, 3.63) is 0 Å². The first-order valence-electron chi connectivity index (χ1n) is 8.95. The van der Waals surface area contributed by atoms with E-state index in [1.165, 1.54) is 12.8 Å². The van der Waals surface area contributed by atoms with Crippen LogP contribution in [0.5, 0.6) is 0 Å². The third-order valence-electron chi connectivity index (χ3n) is 6.10. The van der Waals surface area contributed by atoms with E-state index in [0.717, 1.165) is 38.8 Å². The zero-order valence-electron chi connectivity index (χ0n) is 13.5. The third kappa shape index (κ3) is 2.43. The smallest absolute Gasteiger partial charge is 0.228 e. The molecule has 1 saturated carbocycles. The van der Waals surface area contributed by atoms with E-state index in [4.69, 9.17) is 0 Å². The molecule has 0 N–H and O–H groups in total. The highest BCUT2D eigenvalue weighted by Gasteiger charge is 2.46. The SMILES string of the molecule is CN1CCC[C@@H]1[C@H]1CCCN1C(=O)[C@@H]1CC(=O)N(C2CC2)C1. The summed E-state index contributed by atoms with van der Waals surface area (Å²) < 4.78 is 0. The van der Waals surface area contributed by atoms with E-state index in [9.17, 15) is 9.59 Å². The average Bonchev–Trinajstić information content (AvgIpc) is 2.91. The summed E-state index contributed by atoms with van der Waals surface area (Å²) in [7, 11) is 2.19. The molecule has 0 radical (unpaired) electrons. The van der Waals surface area contributed by atoms with E-state index >= 15 is 0 Å². The molecular formula is C17H27N3O2. The molecule has 0 bridgehead atoms. The molecule has 3 heterocycles. The highest BCUT2D eigenvalue weighted by Crippen LogP contribution is 2.35. The van der Waals surface area contributed by atoms with E-state index in [-0.39, 0.29) is 17.7 Å². The van der Waals surface area contributed by atoms with Crippen molar-refractivity contribution in [2.45, 2.75) is 63.1 Å². The molecular weight excluding hydrogens is 278 g/mol. The van der Waals surface area contributed by atoms with Gasteiger partial charge in [-0.1, -0.05) is 0 Å². The van der Waals surface area contributed by atoms with Crippen molar-refractivity contribution >= 4 is 11.8 Å². The minimum absolute atomic E-state index is 0.0830. The van der Waals surface area contributed by atoms with Gasteiger partial charge in [0, 0.05) is 37.6 Å². The van der Waals surface area contributed by atoms with E-state index in [0.29, 0.717) is 31.1 Å². The third-order valence-corrected chi connectivity index (χ3v) is 6.10. The fourth-order valence-corrected chi connectivity index (χ4v) is 4.76. The summed E-state index contributed by atoms with van der Waals surface area (Å²) in [4.78, 5) is 31.6. The van der Waals surface area contributed by atoms with Gasteiger partial charge in [-0.3, -0.25) is 9.59 Å². The number of likely N-dealkylation sites (tertiary alicyclic amines) is 3. The summed E-state index contributed by atoms with van der Waals surface area (Å²) in [6.45, 7) is 2.72. The second kappa shape index (κ2) is 5.52. The van der Waals surface area contributed by atoms with Crippen LogP contribution >= 0.6 is 0 Å². The van der Waals surface area contributed by atoms with Gasteiger partial charge in [-0.25, -0.2) is 0 Å². The maximum atomic E-state index is 13.0. The summed E-state index contributed by atoms with van der Waals surface area (Å²) >= 11 is 0. The Bertz CT molecular complexity index is 477. The quantitative estimate of drug-likeness (QED) is 0.784. The lowest BCUT2D eigenvalue weighted by molar-refractivity contribution is -0.137. The molecule has 0 aromatic rings. The Kier molecular flexibility index (Phi) is 3.63. The molecule has 3 saturated heterocycles. The molecule has 0 unspecified atom stereocenters. The Labute approximate surface area is 132 Å². The van der Waals surface area contributed by atoms with Gasteiger partial charge in [-0.2, -0.15) is 0 Å². The number of hydrogen-bond donors (Lipinski definition) is 0. The van der Waals surface area contributed by atoms with Crippen LogP contribution < -0.4 is 0 Å². The van der Waals surface area contributed by atoms with Crippen LogP contribution in [-0.2, 0) is 9.59 Å². The molecule has 1 aliphatic carbocycles. The van der Waals surface area contributed by atoms with Gasteiger partial charge in [0.25, 0.3) is 0 Å². The summed E-state index contributed by atoms with van der Waals surface area (Å²) in [6, 6.07) is 1.36. The molecule has 5 heteroatoms. The van der Waals surface area contributed by atoms with Crippen LogP contribution in [0.1, 0.15) is 44.9 Å².